The van der Waals surface area contributed by atoms with E-state index in [1.165, 1.54) is 0 Å². The van der Waals surface area contributed by atoms with Gasteiger partial charge in [0.05, 0.1) is 5.16 Å². The summed E-state index contributed by atoms with van der Waals surface area (Å²) in [6, 6.07) is 0.160. The molecule has 0 unspecified atom stereocenters. The van der Waals surface area contributed by atoms with Gasteiger partial charge in [0.25, 0.3) is 0 Å². The van der Waals surface area contributed by atoms with Crippen LogP contribution in [0.3, 0.4) is 0 Å². The number of rotatable bonds is 3. The summed E-state index contributed by atoms with van der Waals surface area (Å²) in [7, 11) is 0. The fourth-order valence-corrected chi connectivity index (χ4v) is 0.536. The molecule has 0 saturated carbocycles. The highest BCUT2D eigenvalue weighted by molar-refractivity contribution is 7.78. The van der Waals surface area contributed by atoms with Crippen LogP contribution in [0.4, 0.5) is 0 Å². The minimum Gasteiger partial charge on any atom is -0.352 e. The SMILES string of the molecule is CC(C)NC(=O)CN=C=S. The minimum absolute atomic E-state index is 0.0850. The predicted molar refractivity (Wildman–Crippen MR) is 43.2 cm³/mol. The van der Waals surface area contributed by atoms with Crippen LogP contribution in [-0.2, 0) is 4.79 Å². The van der Waals surface area contributed by atoms with E-state index in [1.54, 1.807) is 0 Å². The second kappa shape index (κ2) is 5.09. The number of nitrogens with one attached hydrogen (secondary N) is 1. The van der Waals surface area contributed by atoms with Gasteiger partial charge in [-0.15, -0.1) is 0 Å². The van der Waals surface area contributed by atoms with Crippen LogP contribution in [0.2, 0.25) is 0 Å². The van der Waals surface area contributed by atoms with Gasteiger partial charge in [-0.2, -0.15) is 0 Å². The summed E-state index contributed by atoms with van der Waals surface area (Å²) in [6.07, 6.45) is 0. The van der Waals surface area contributed by atoms with Crippen molar-refractivity contribution in [1.82, 2.24) is 5.32 Å². The quantitative estimate of drug-likeness (QED) is 0.483. The normalized spacial score (nSPS) is 8.70. The Morgan fingerprint density at radius 3 is 2.80 bits per heavy atom. The lowest BCUT2D eigenvalue weighted by molar-refractivity contribution is -0.120. The average molecular weight is 158 g/mol. The summed E-state index contributed by atoms with van der Waals surface area (Å²) < 4.78 is 0. The molecule has 0 heterocycles. The number of carbonyl (C=O) groups is 1. The highest BCUT2D eigenvalue weighted by atomic mass is 32.1. The first-order chi connectivity index (χ1) is 4.66. The highest BCUT2D eigenvalue weighted by Crippen LogP contribution is 1.76. The van der Waals surface area contributed by atoms with Crippen molar-refractivity contribution in [1.29, 1.82) is 0 Å². The zero-order valence-corrected chi connectivity index (χ0v) is 6.86. The Labute approximate surface area is 65.5 Å². The molecule has 0 saturated heterocycles. The van der Waals surface area contributed by atoms with Gasteiger partial charge >= 0.3 is 0 Å². The van der Waals surface area contributed by atoms with Crippen LogP contribution in [0.5, 0.6) is 0 Å². The van der Waals surface area contributed by atoms with Gasteiger partial charge in [-0.25, -0.2) is 4.99 Å². The lowest BCUT2D eigenvalue weighted by Crippen LogP contribution is -2.31. The fourth-order valence-electron chi connectivity index (χ4n) is 0.472. The summed E-state index contributed by atoms with van der Waals surface area (Å²) in [5, 5.41) is 4.78. The summed E-state index contributed by atoms with van der Waals surface area (Å²) in [4.78, 5) is 14.2. The van der Waals surface area contributed by atoms with E-state index in [4.69, 9.17) is 0 Å². The Morgan fingerprint density at radius 2 is 2.40 bits per heavy atom. The first-order valence-corrected chi connectivity index (χ1v) is 3.40. The van der Waals surface area contributed by atoms with Crippen molar-refractivity contribution in [2.45, 2.75) is 19.9 Å². The minimum atomic E-state index is -0.118. The molecule has 0 aromatic rings. The van der Waals surface area contributed by atoms with E-state index in [0.29, 0.717) is 0 Å². The number of nitrogens with zero attached hydrogens (tertiary/aromatic N) is 1. The van der Waals surface area contributed by atoms with Gasteiger partial charge in [0.2, 0.25) is 5.91 Å². The molecule has 0 aliphatic rings. The zero-order chi connectivity index (χ0) is 7.98. The van der Waals surface area contributed by atoms with Gasteiger partial charge < -0.3 is 5.32 Å². The molecule has 10 heavy (non-hydrogen) atoms. The number of hydrogen-bond donors (Lipinski definition) is 1. The van der Waals surface area contributed by atoms with E-state index < -0.39 is 0 Å². The maximum absolute atomic E-state index is 10.7. The Hall–Kier alpha value is -0.730. The van der Waals surface area contributed by atoms with Gasteiger partial charge in [-0.05, 0) is 26.1 Å². The van der Waals surface area contributed by atoms with Gasteiger partial charge in [-0.3, -0.25) is 4.79 Å². The molecule has 0 spiro atoms. The van der Waals surface area contributed by atoms with Gasteiger partial charge in [-0.1, -0.05) is 0 Å². The van der Waals surface area contributed by atoms with Gasteiger partial charge in [0.1, 0.15) is 6.54 Å². The first kappa shape index (κ1) is 9.27. The number of thiocarbonyl (C=S) groups is 1. The molecule has 0 aliphatic carbocycles. The average Bonchev–Trinajstić information content (AvgIpc) is 1.82. The molecule has 0 aliphatic heterocycles. The molecular formula is C6H10N2OS. The molecule has 4 heteroatoms. The molecule has 0 radical (unpaired) electrons. The molecule has 0 aromatic carbocycles. The summed E-state index contributed by atoms with van der Waals surface area (Å²) >= 11 is 4.29. The molecule has 0 fully saturated rings. The van der Waals surface area contributed by atoms with Crippen LogP contribution in [-0.4, -0.2) is 23.7 Å². The van der Waals surface area contributed by atoms with E-state index in [0.717, 1.165) is 0 Å². The Kier molecular flexibility index (Phi) is 4.72. The molecule has 0 bridgehead atoms. The Balaban J connectivity index is 3.54. The second-order valence-corrected chi connectivity index (χ2v) is 2.31. The van der Waals surface area contributed by atoms with Crippen molar-refractivity contribution in [3.05, 3.63) is 0 Å². The van der Waals surface area contributed by atoms with Gasteiger partial charge in [0, 0.05) is 6.04 Å². The molecule has 0 aromatic heterocycles. The van der Waals surface area contributed by atoms with Crippen LogP contribution >= 0.6 is 12.2 Å². The predicted octanol–water partition coefficient (Wildman–Crippen LogP) is 0.614. The molecule has 0 rings (SSSR count). The number of isothiocyanates is 1. The lowest BCUT2D eigenvalue weighted by atomic mass is 10.4. The largest absolute Gasteiger partial charge is 0.352 e. The molecule has 1 N–H and O–H groups in total. The van der Waals surface area contributed by atoms with Gasteiger partial charge in [0.15, 0.2) is 0 Å². The number of hydrogen-bond acceptors (Lipinski definition) is 3. The maximum atomic E-state index is 10.7. The van der Waals surface area contributed by atoms with Crippen molar-refractivity contribution in [3.8, 4) is 0 Å². The van der Waals surface area contributed by atoms with E-state index >= 15 is 0 Å². The summed E-state index contributed by atoms with van der Waals surface area (Å²) in [5.41, 5.74) is 0. The van der Waals surface area contributed by atoms with E-state index in [9.17, 15) is 4.79 Å². The monoisotopic (exact) mass is 158 g/mol. The number of carbonyl (C=O) groups excluding carboxylic acids is 1. The van der Waals surface area contributed by atoms with Crippen molar-refractivity contribution < 1.29 is 4.79 Å². The zero-order valence-electron chi connectivity index (χ0n) is 6.05. The number of aliphatic imine (C=N–C) groups is 1. The van der Waals surface area contributed by atoms with Crippen molar-refractivity contribution in [2.24, 2.45) is 4.99 Å². The molecule has 3 nitrogen and oxygen atoms in total. The molecule has 56 valence electrons. The topological polar surface area (TPSA) is 41.5 Å². The van der Waals surface area contributed by atoms with E-state index in [2.05, 4.69) is 27.7 Å². The highest BCUT2D eigenvalue weighted by Gasteiger charge is 1.99. The van der Waals surface area contributed by atoms with Crippen LogP contribution in [0.25, 0.3) is 0 Å². The van der Waals surface area contributed by atoms with Crippen LogP contribution in [0.15, 0.2) is 4.99 Å². The number of amides is 1. The van der Waals surface area contributed by atoms with Crippen LogP contribution < -0.4 is 5.32 Å². The van der Waals surface area contributed by atoms with E-state index in [1.807, 2.05) is 13.8 Å². The standard InChI is InChI=1S/C6H10N2OS/c1-5(2)8-6(9)3-7-4-10/h5H,3H2,1-2H3,(H,8,9). The third-order valence-corrected chi connectivity index (χ3v) is 0.866. The Morgan fingerprint density at radius 1 is 1.80 bits per heavy atom. The summed E-state index contributed by atoms with van der Waals surface area (Å²) in [5.74, 6) is -0.118. The molecule has 1 amide bonds. The van der Waals surface area contributed by atoms with E-state index in [-0.39, 0.29) is 18.5 Å². The maximum Gasteiger partial charge on any atom is 0.242 e. The van der Waals surface area contributed by atoms with Crippen molar-refractivity contribution in [3.63, 3.8) is 0 Å². The smallest absolute Gasteiger partial charge is 0.242 e. The van der Waals surface area contributed by atoms with Crippen molar-refractivity contribution in [2.75, 3.05) is 6.54 Å². The van der Waals surface area contributed by atoms with Crippen molar-refractivity contribution >= 4 is 23.3 Å². The fraction of sp³-hybridized carbons (Fsp3) is 0.667. The Bertz CT molecular complexity index is 161. The molecular weight excluding hydrogens is 148 g/mol. The third-order valence-electron chi connectivity index (χ3n) is 0.737. The third kappa shape index (κ3) is 5.41. The second-order valence-electron chi connectivity index (χ2n) is 2.13. The first-order valence-electron chi connectivity index (χ1n) is 3.00. The molecule has 0 atom stereocenters. The van der Waals surface area contributed by atoms with Crippen LogP contribution in [0.1, 0.15) is 13.8 Å². The van der Waals surface area contributed by atoms with Crippen LogP contribution in [0, 0.1) is 0 Å². The summed E-state index contributed by atoms with van der Waals surface area (Å²) in [6.45, 7) is 3.86. The lowest BCUT2D eigenvalue weighted by Gasteiger charge is -2.04.